The van der Waals surface area contributed by atoms with E-state index in [2.05, 4.69) is 109 Å². The minimum Gasteiger partial charge on any atom is -1.00 e. The van der Waals surface area contributed by atoms with E-state index in [1.54, 1.807) is 22.3 Å². The van der Waals surface area contributed by atoms with Crippen molar-refractivity contribution in [2.45, 2.75) is 107 Å². The molecule has 0 bridgehead atoms. The van der Waals surface area contributed by atoms with Gasteiger partial charge in [0.1, 0.15) is 0 Å². The number of hydrogen-bond donors (Lipinski definition) is 0. The molecule has 4 aromatic rings. The Kier molecular flexibility index (Phi) is 10.4. The zero-order valence-electron chi connectivity index (χ0n) is 30.0. The molecule has 1 aliphatic heterocycles. The molecule has 1 saturated heterocycles. The molecule has 51 heavy (non-hydrogen) atoms. The third-order valence-electron chi connectivity index (χ3n) is 14.5. The first-order valence-electron chi connectivity index (χ1n) is 20.1. The summed E-state index contributed by atoms with van der Waals surface area (Å²) in [5.74, 6) is 1.55. The first-order valence-corrected chi connectivity index (χ1v) is 23.7. The van der Waals surface area contributed by atoms with Crippen LogP contribution in [0.25, 0.3) is 34.4 Å². The second-order valence-electron chi connectivity index (χ2n) is 16.7. The van der Waals surface area contributed by atoms with Crippen LogP contribution in [0.3, 0.4) is 0 Å². The van der Waals surface area contributed by atoms with Crippen LogP contribution in [0.2, 0.25) is 8.45 Å². The van der Waals surface area contributed by atoms with Crippen LogP contribution in [0.1, 0.15) is 121 Å². The maximum absolute atomic E-state index is 2.83. The topological polar surface area (TPSA) is 0 Å². The SMILES string of the molecule is C1=C(C2CCCCC2)[CH]([Ti+2]2([CH]3C(C4CCCCC4)=Cc4c(-c5ccccc5)cccc43)[CH]3CCCC[CH]32)c2cccc(-c3ccccc3)c21.[Cl-].[Cl-]. The molecule has 0 nitrogen and oxygen atoms in total. The second-order valence-corrected chi connectivity index (χ2v) is 23.9. The van der Waals surface area contributed by atoms with Crippen molar-refractivity contribution in [3.63, 3.8) is 0 Å². The van der Waals surface area contributed by atoms with E-state index in [4.69, 9.17) is 0 Å². The van der Waals surface area contributed by atoms with Crippen molar-refractivity contribution in [1.29, 1.82) is 0 Å². The molecule has 262 valence electrons. The summed E-state index contributed by atoms with van der Waals surface area (Å²) in [4.78, 5) is 0. The summed E-state index contributed by atoms with van der Waals surface area (Å²) in [7, 11) is 0. The van der Waals surface area contributed by atoms with E-state index in [1.807, 2.05) is 11.1 Å². The fraction of sp³-hybridized carbons (Fsp3) is 0.417. The van der Waals surface area contributed by atoms with Crippen molar-refractivity contribution in [1.82, 2.24) is 0 Å². The van der Waals surface area contributed by atoms with E-state index < -0.39 is 16.6 Å². The molecule has 6 aliphatic rings. The van der Waals surface area contributed by atoms with E-state index in [-0.39, 0.29) is 24.8 Å². The molecule has 4 fully saturated rings. The fourth-order valence-corrected chi connectivity index (χ4v) is 26.8. The predicted molar refractivity (Wildman–Crippen MR) is 204 cm³/mol. The number of halogens is 2. The molecule has 3 heteroatoms. The van der Waals surface area contributed by atoms with Gasteiger partial charge in [0, 0.05) is 0 Å². The van der Waals surface area contributed by atoms with Crippen LogP contribution >= 0.6 is 0 Å². The summed E-state index contributed by atoms with van der Waals surface area (Å²) in [6.45, 7) is 0. The summed E-state index contributed by atoms with van der Waals surface area (Å²) < 4.78 is 3.47. The van der Waals surface area contributed by atoms with Gasteiger partial charge in [0.25, 0.3) is 0 Å². The van der Waals surface area contributed by atoms with E-state index in [9.17, 15) is 0 Å². The van der Waals surface area contributed by atoms with Gasteiger partial charge in [-0.25, -0.2) is 0 Å². The van der Waals surface area contributed by atoms with Crippen molar-refractivity contribution in [2.75, 3.05) is 0 Å². The molecule has 4 atom stereocenters. The number of rotatable bonds is 6. The predicted octanol–water partition coefficient (Wildman–Crippen LogP) is 8.08. The van der Waals surface area contributed by atoms with Crippen LogP contribution in [-0.2, 0) is 16.6 Å². The quantitative estimate of drug-likeness (QED) is 0.175. The molecule has 4 unspecified atom stereocenters. The molecule has 5 aliphatic carbocycles. The van der Waals surface area contributed by atoms with E-state index in [1.165, 1.54) is 112 Å². The Balaban J connectivity index is 0.00000187. The maximum atomic E-state index is 2.83. The van der Waals surface area contributed by atoms with Gasteiger partial charge in [-0.1, -0.05) is 0 Å². The standard InChI is InChI=1S/2C21H21.C6H10.2ClH.Ti/c2*1-3-8-16(9-4-1)19-14-18-12-7-13-20(21(18)15-19)17-10-5-2-6-11-17;1-2-4-6-5-3-1;;;/h2*2,5-7,10-16H,1,3-4,8-9H2;1-2H,3-6H2;2*1H;/q;;;;;+2/p-2. The minimum atomic E-state index is -2.75. The number of benzene rings is 4. The Labute approximate surface area is 322 Å². The normalized spacial score (nSPS) is 27.1. The van der Waals surface area contributed by atoms with Gasteiger partial charge in [0.05, 0.1) is 0 Å². The fourth-order valence-electron chi connectivity index (χ4n) is 12.5. The van der Waals surface area contributed by atoms with Gasteiger partial charge in [-0.05, 0) is 0 Å². The third kappa shape index (κ3) is 5.82. The maximum Gasteiger partial charge on any atom is -1.00 e. The van der Waals surface area contributed by atoms with Crippen molar-refractivity contribution in [3.05, 3.63) is 130 Å². The first-order chi connectivity index (χ1) is 24.3. The summed E-state index contributed by atoms with van der Waals surface area (Å²) in [6.07, 6.45) is 25.8. The average molecular weight is 748 g/mol. The number of hydrogen-bond acceptors (Lipinski definition) is 0. The van der Waals surface area contributed by atoms with E-state index in [0.29, 0.717) is 0 Å². The average Bonchev–Trinajstić information content (AvgIpc) is 3.44. The summed E-state index contributed by atoms with van der Waals surface area (Å²) in [5.41, 5.74) is 16.3. The molecular weight excluding hydrogens is 695 g/mol. The summed E-state index contributed by atoms with van der Waals surface area (Å²) >= 11 is -2.75. The number of fused-ring (bicyclic) bond motifs is 3. The molecule has 1 heterocycles. The smallest absolute Gasteiger partial charge is 1.00 e. The Morgan fingerprint density at radius 2 is 0.784 bits per heavy atom. The Hall–Kier alpha value is -2.35. The zero-order chi connectivity index (χ0) is 32.4. The Morgan fingerprint density at radius 1 is 0.392 bits per heavy atom. The second kappa shape index (κ2) is 14.8. The minimum absolute atomic E-state index is 0. The summed E-state index contributed by atoms with van der Waals surface area (Å²) in [5, 5.41) is 0. The molecule has 3 saturated carbocycles. The first kappa shape index (κ1) is 35.7. The van der Waals surface area contributed by atoms with Crippen LogP contribution in [0.5, 0.6) is 0 Å². The van der Waals surface area contributed by atoms with Gasteiger partial charge >= 0.3 is 300 Å². The Bertz CT molecular complexity index is 1770. The van der Waals surface area contributed by atoms with E-state index >= 15 is 0 Å². The molecule has 0 spiro atoms. The van der Waals surface area contributed by atoms with Crippen molar-refractivity contribution < 1.29 is 41.4 Å². The van der Waals surface area contributed by atoms with Gasteiger partial charge in [0.15, 0.2) is 0 Å². The van der Waals surface area contributed by atoms with Gasteiger partial charge in [-0.15, -0.1) is 0 Å². The van der Waals surface area contributed by atoms with Crippen LogP contribution in [0.15, 0.2) is 108 Å². The molecule has 0 aromatic heterocycles. The largest absolute Gasteiger partial charge is 1.00 e. The zero-order valence-corrected chi connectivity index (χ0v) is 33.1. The molecule has 4 aromatic carbocycles. The Morgan fingerprint density at radius 3 is 1.20 bits per heavy atom. The van der Waals surface area contributed by atoms with Gasteiger partial charge in [-0.2, -0.15) is 0 Å². The van der Waals surface area contributed by atoms with Crippen LogP contribution < -0.4 is 24.8 Å². The van der Waals surface area contributed by atoms with Crippen molar-refractivity contribution >= 4 is 12.2 Å². The van der Waals surface area contributed by atoms with Crippen LogP contribution in [-0.4, -0.2) is 0 Å². The van der Waals surface area contributed by atoms with E-state index in [0.717, 1.165) is 28.7 Å². The van der Waals surface area contributed by atoms with Crippen molar-refractivity contribution in [2.24, 2.45) is 11.8 Å². The van der Waals surface area contributed by atoms with Crippen molar-refractivity contribution in [3.8, 4) is 22.3 Å². The molecular formula is C48H52Cl2Ti. The molecule has 0 amide bonds. The van der Waals surface area contributed by atoms with Gasteiger partial charge in [-0.3, -0.25) is 0 Å². The molecule has 10 rings (SSSR count). The van der Waals surface area contributed by atoms with Crippen LogP contribution in [0.4, 0.5) is 0 Å². The molecule has 0 N–H and O–H groups in total. The van der Waals surface area contributed by atoms with Gasteiger partial charge < -0.3 is 24.8 Å². The molecule has 0 radical (unpaired) electrons. The van der Waals surface area contributed by atoms with Gasteiger partial charge in [0.2, 0.25) is 0 Å². The number of allylic oxidation sites excluding steroid dienone is 2. The summed E-state index contributed by atoms with van der Waals surface area (Å²) in [6, 6.07) is 37.8. The third-order valence-corrected chi connectivity index (χ3v) is 25.2. The monoisotopic (exact) mass is 746 g/mol. The van der Waals surface area contributed by atoms with Crippen LogP contribution in [0, 0.1) is 11.8 Å².